The van der Waals surface area contributed by atoms with Gasteiger partial charge < -0.3 is 9.64 Å². The molecule has 0 aromatic carbocycles. The third-order valence-corrected chi connectivity index (χ3v) is 4.48. The van der Waals surface area contributed by atoms with Crippen LogP contribution in [-0.2, 0) is 4.74 Å². The lowest BCUT2D eigenvalue weighted by Crippen LogP contribution is -2.50. The summed E-state index contributed by atoms with van der Waals surface area (Å²) >= 11 is 0. The smallest absolute Gasteiger partial charge is 0.351 e. The van der Waals surface area contributed by atoms with Crippen molar-refractivity contribution < 1.29 is 13.9 Å². The van der Waals surface area contributed by atoms with Crippen LogP contribution < -0.4 is 4.40 Å². The van der Waals surface area contributed by atoms with Crippen molar-refractivity contribution in [3.8, 4) is 11.3 Å². The van der Waals surface area contributed by atoms with Gasteiger partial charge in [0.25, 0.3) is 0 Å². The van der Waals surface area contributed by atoms with Gasteiger partial charge in [-0.15, -0.1) is 0 Å². The molecule has 128 valence electrons. The number of carbonyl (C=O) groups is 1. The van der Waals surface area contributed by atoms with Crippen LogP contribution >= 0.6 is 0 Å². The molecule has 0 spiro atoms. The summed E-state index contributed by atoms with van der Waals surface area (Å²) in [6.45, 7) is 5.19. The Labute approximate surface area is 146 Å². The molecule has 0 bridgehead atoms. The van der Waals surface area contributed by atoms with Gasteiger partial charge in [0.1, 0.15) is 0 Å². The van der Waals surface area contributed by atoms with Gasteiger partial charge in [-0.05, 0) is 38.1 Å². The molecule has 0 radical (unpaired) electrons. The van der Waals surface area contributed by atoms with Gasteiger partial charge in [0, 0.05) is 31.0 Å². The summed E-state index contributed by atoms with van der Waals surface area (Å²) < 4.78 is 7.67. The number of nitrogens with zero attached hydrogens (tertiary/aromatic N) is 3. The number of aromatic nitrogens is 3. The molecule has 2 atom stereocenters. The number of carbonyl (C=O) groups excluding carboxylic acids is 1. The lowest BCUT2D eigenvalue weighted by Gasteiger charge is -2.34. The van der Waals surface area contributed by atoms with E-state index < -0.39 is 0 Å². The monoisotopic (exact) mass is 337 g/mol. The molecule has 1 saturated heterocycles. The van der Waals surface area contributed by atoms with Crippen LogP contribution in [0.2, 0.25) is 0 Å². The number of pyridine rings is 2. The van der Waals surface area contributed by atoms with Crippen LogP contribution in [0.3, 0.4) is 0 Å². The second kappa shape index (κ2) is 6.29. The van der Waals surface area contributed by atoms with Crippen molar-refractivity contribution in [3.63, 3.8) is 0 Å². The van der Waals surface area contributed by atoms with Gasteiger partial charge in [0.05, 0.1) is 18.4 Å². The number of H-pyrrole nitrogens is 1. The molecule has 1 amide bonds. The maximum atomic E-state index is 13.2. The minimum Gasteiger partial charge on any atom is -0.372 e. The van der Waals surface area contributed by atoms with E-state index in [2.05, 4.69) is 9.97 Å². The average Bonchev–Trinajstić information content (AvgIpc) is 3.01. The van der Waals surface area contributed by atoms with Crippen molar-refractivity contribution >= 4 is 11.4 Å². The predicted octanol–water partition coefficient (Wildman–Crippen LogP) is 2.06. The van der Waals surface area contributed by atoms with Crippen molar-refractivity contribution in [3.05, 3.63) is 54.7 Å². The van der Waals surface area contributed by atoms with Gasteiger partial charge in [-0.3, -0.25) is 9.78 Å². The number of amides is 1. The maximum absolute atomic E-state index is 13.2. The fraction of sp³-hybridized carbons (Fsp3) is 0.316. The Kier molecular flexibility index (Phi) is 3.97. The van der Waals surface area contributed by atoms with Crippen molar-refractivity contribution in [2.75, 3.05) is 13.1 Å². The number of nitrogens with one attached hydrogen (secondary N) is 1. The summed E-state index contributed by atoms with van der Waals surface area (Å²) in [4.78, 5) is 22.4. The average molecular weight is 337 g/mol. The number of imidazole rings is 1. The second-order valence-electron chi connectivity index (χ2n) is 6.51. The fourth-order valence-corrected chi connectivity index (χ4v) is 3.47. The van der Waals surface area contributed by atoms with Crippen molar-refractivity contribution in [2.24, 2.45) is 0 Å². The Balaban J connectivity index is 1.79. The zero-order chi connectivity index (χ0) is 17.4. The molecular weight excluding hydrogens is 316 g/mol. The summed E-state index contributed by atoms with van der Waals surface area (Å²) in [6.07, 6.45) is 5.50. The van der Waals surface area contributed by atoms with Gasteiger partial charge in [-0.25, -0.2) is 4.98 Å². The van der Waals surface area contributed by atoms with Crippen molar-refractivity contribution in [1.29, 1.82) is 0 Å². The van der Waals surface area contributed by atoms with Gasteiger partial charge in [-0.1, -0.05) is 6.07 Å². The molecule has 1 N–H and O–H groups in total. The lowest BCUT2D eigenvalue weighted by atomic mass is 10.2. The summed E-state index contributed by atoms with van der Waals surface area (Å²) in [5.41, 5.74) is 2.88. The Morgan fingerprint density at radius 2 is 1.92 bits per heavy atom. The number of ether oxygens (including phenoxy) is 1. The third-order valence-electron chi connectivity index (χ3n) is 4.48. The number of rotatable bonds is 2. The zero-order valence-corrected chi connectivity index (χ0v) is 14.3. The van der Waals surface area contributed by atoms with Gasteiger partial charge in [0.15, 0.2) is 11.2 Å². The van der Waals surface area contributed by atoms with E-state index in [0.29, 0.717) is 18.9 Å². The van der Waals surface area contributed by atoms with Crippen LogP contribution in [0.15, 0.2) is 48.9 Å². The number of fused-ring (bicyclic) bond motifs is 1. The summed E-state index contributed by atoms with van der Waals surface area (Å²) in [5, 5.41) is 0. The Morgan fingerprint density at radius 3 is 2.64 bits per heavy atom. The Bertz CT molecular complexity index is 896. The first kappa shape index (κ1) is 15.8. The Morgan fingerprint density at radius 1 is 1.20 bits per heavy atom. The van der Waals surface area contributed by atoms with Crippen molar-refractivity contribution in [1.82, 2.24) is 14.9 Å². The van der Waals surface area contributed by atoms with Crippen LogP contribution in [0.1, 0.15) is 24.5 Å². The molecule has 6 nitrogen and oxygen atoms in total. The fourth-order valence-electron chi connectivity index (χ4n) is 3.47. The second-order valence-corrected chi connectivity index (χ2v) is 6.51. The van der Waals surface area contributed by atoms with E-state index in [1.807, 2.05) is 59.7 Å². The highest BCUT2D eigenvalue weighted by Gasteiger charge is 2.33. The van der Waals surface area contributed by atoms with Gasteiger partial charge >= 0.3 is 11.7 Å². The minimum atomic E-state index is -0.0106. The molecule has 25 heavy (non-hydrogen) atoms. The molecule has 2 unspecified atom stereocenters. The molecular formula is C19H21N4O2+. The minimum absolute atomic E-state index is 0.0106. The maximum Gasteiger partial charge on any atom is 0.351 e. The highest BCUT2D eigenvalue weighted by molar-refractivity contribution is 5.91. The molecule has 0 aliphatic carbocycles. The van der Waals surface area contributed by atoms with Crippen LogP contribution in [0.25, 0.3) is 16.8 Å². The molecule has 0 saturated carbocycles. The summed E-state index contributed by atoms with van der Waals surface area (Å²) in [5.74, 6) is 0.548. The largest absolute Gasteiger partial charge is 0.372 e. The van der Waals surface area contributed by atoms with E-state index in [-0.39, 0.29) is 18.1 Å². The van der Waals surface area contributed by atoms with E-state index in [0.717, 1.165) is 16.8 Å². The molecule has 1 fully saturated rings. The Hall–Kier alpha value is -2.73. The predicted molar refractivity (Wildman–Crippen MR) is 93.1 cm³/mol. The van der Waals surface area contributed by atoms with E-state index in [1.165, 1.54) is 0 Å². The SMILES string of the molecule is CC1CN(C(=O)c2[nH]c(-c3ccncc3)c3cccc[n+]23)CC(C)O1. The van der Waals surface area contributed by atoms with E-state index in [9.17, 15) is 4.79 Å². The number of hydrogen-bond donors (Lipinski definition) is 1. The summed E-state index contributed by atoms with van der Waals surface area (Å²) in [7, 11) is 0. The molecule has 1 aliphatic heterocycles. The van der Waals surface area contributed by atoms with Crippen LogP contribution in [0.4, 0.5) is 0 Å². The van der Waals surface area contributed by atoms with Crippen LogP contribution in [0.5, 0.6) is 0 Å². The first-order valence-electron chi connectivity index (χ1n) is 8.51. The lowest BCUT2D eigenvalue weighted by molar-refractivity contribution is -0.514. The molecule has 4 rings (SSSR count). The first-order chi connectivity index (χ1) is 12.1. The topological polar surface area (TPSA) is 62.3 Å². The van der Waals surface area contributed by atoms with Crippen molar-refractivity contribution in [2.45, 2.75) is 26.1 Å². The summed E-state index contributed by atoms with van der Waals surface area (Å²) in [6, 6.07) is 9.78. The van der Waals surface area contributed by atoms with Gasteiger partial charge in [-0.2, -0.15) is 4.40 Å². The van der Waals surface area contributed by atoms with Crippen LogP contribution in [-0.4, -0.2) is 46.1 Å². The van der Waals surface area contributed by atoms with E-state index in [4.69, 9.17) is 4.74 Å². The number of hydrogen-bond acceptors (Lipinski definition) is 3. The van der Waals surface area contributed by atoms with Crippen LogP contribution in [0, 0.1) is 0 Å². The molecule has 3 aromatic heterocycles. The van der Waals surface area contributed by atoms with Gasteiger partial charge in [0.2, 0.25) is 0 Å². The zero-order valence-electron chi connectivity index (χ0n) is 14.3. The standard InChI is InChI=1S/C19H20N4O2/c1-13-11-22(12-14(2)25-13)19(24)18-21-17(15-6-8-20-9-7-15)16-5-3-4-10-23(16)18/h3-10,13-14H,11-12H2,1-2H3/p+1. The quantitative estimate of drug-likeness (QED) is 0.728. The normalized spacial score (nSPS) is 20.8. The van der Waals surface area contributed by atoms with E-state index in [1.54, 1.807) is 12.4 Å². The highest BCUT2D eigenvalue weighted by atomic mass is 16.5. The number of aromatic amines is 1. The van der Waals surface area contributed by atoms with E-state index >= 15 is 0 Å². The molecule has 1 aliphatic rings. The highest BCUT2D eigenvalue weighted by Crippen LogP contribution is 2.22. The number of morpholine rings is 1. The first-order valence-corrected chi connectivity index (χ1v) is 8.51. The molecule has 6 heteroatoms. The third kappa shape index (κ3) is 2.89. The molecule has 3 aromatic rings. The molecule has 4 heterocycles.